The summed E-state index contributed by atoms with van der Waals surface area (Å²) in [5, 5.41) is -0.0893. The largest absolute Gasteiger partial charge is 0.274 e. The molecule has 46 heavy (non-hydrogen) atoms. The fraction of sp³-hybridized carbons (Fsp3) is 1.00. The van der Waals surface area contributed by atoms with Crippen molar-refractivity contribution in [2.45, 2.75) is 238 Å². The van der Waals surface area contributed by atoms with Crippen LogP contribution in [0.15, 0.2) is 0 Å². The van der Waals surface area contributed by atoms with Gasteiger partial charge in [0.2, 0.25) is 0 Å². The van der Waals surface area contributed by atoms with Gasteiger partial charge in [0.25, 0.3) is 0 Å². The molecule has 0 rings (SSSR count). The van der Waals surface area contributed by atoms with Gasteiger partial charge >= 0.3 is 0 Å². The van der Waals surface area contributed by atoms with E-state index in [0.717, 1.165) is 19.3 Å². The summed E-state index contributed by atoms with van der Waals surface area (Å²) in [5.74, 6) is 1.15. The van der Waals surface area contributed by atoms with E-state index in [-0.39, 0.29) is 16.0 Å². The lowest BCUT2D eigenvalue weighted by molar-refractivity contribution is 0.106. The van der Waals surface area contributed by atoms with Crippen molar-refractivity contribution in [3.8, 4) is 0 Å². The van der Waals surface area contributed by atoms with Crippen molar-refractivity contribution >= 4 is 8.46 Å². The Kier molecular flexibility index (Phi) is 19.5. The summed E-state index contributed by atoms with van der Waals surface area (Å²) in [6, 6.07) is 0. The van der Waals surface area contributed by atoms with Crippen LogP contribution in [0.1, 0.15) is 233 Å². The van der Waals surface area contributed by atoms with Gasteiger partial charge in [-0.3, -0.25) is 4.57 Å². The molecular formula is C44H89OP. The number of hydrogen-bond donors (Lipinski definition) is 0. The van der Waals surface area contributed by atoms with E-state index in [1.54, 1.807) is 0 Å². The molecule has 2 unspecified atom stereocenters. The highest BCUT2D eigenvalue weighted by atomic mass is 31.1. The summed E-state index contributed by atoms with van der Waals surface area (Å²) in [6.45, 7) is 41.4. The molecule has 0 saturated heterocycles. The summed E-state index contributed by atoms with van der Waals surface area (Å²) >= 11 is 0. The molecule has 0 aromatic heterocycles. The number of rotatable bonds is 25. The molecule has 1 nitrogen and oxygen atoms in total. The molecule has 2 atom stereocenters. The lowest BCUT2D eigenvalue weighted by Crippen LogP contribution is -2.33. The van der Waals surface area contributed by atoms with Crippen LogP contribution in [0.3, 0.4) is 0 Å². The zero-order valence-electron chi connectivity index (χ0n) is 35.2. The van der Waals surface area contributed by atoms with Crippen LogP contribution in [-0.4, -0.2) is 5.16 Å². The van der Waals surface area contributed by atoms with Crippen LogP contribution in [0.4, 0.5) is 0 Å². The number of hydrogen-bond acceptors (Lipinski definition) is 1. The summed E-state index contributed by atoms with van der Waals surface area (Å²) < 4.78 is 13.4. The highest BCUT2D eigenvalue weighted by Crippen LogP contribution is 2.50. The molecule has 0 heterocycles. The smallest absolute Gasteiger partial charge is 0.162 e. The number of unbranched alkanes of at least 4 members (excludes halogenated alkanes) is 8. The fourth-order valence-electron chi connectivity index (χ4n) is 11.2. The minimum absolute atomic E-state index is 0.0893. The van der Waals surface area contributed by atoms with E-state index in [0.29, 0.717) is 42.0 Å². The van der Waals surface area contributed by atoms with E-state index < -0.39 is 0 Å². The van der Waals surface area contributed by atoms with Gasteiger partial charge in [0.05, 0.1) is 5.16 Å². The molecule has 0 aliphatic rings. The maximum Gasteiger partial charge on any atom is 0.162 e. The Morgan fingerprint density at radius 1 is 0.435 bits per heavy atom. The van der Waals surface area contributed by atoms with Gasteiger partial charge in [-0.15, -0.1) is 0 Å². The van der Waals surface area contributed by atoms with Gasteiger partial charge in [-0.1, -0.05) is 175 Å². The molecule has 0 aliphatic carbocycles. The van der Waals surface area contributed by atoms with E-state index >= 15 is 0 Å². The molecule has 0 aromatic rings. The van der Waals surface area contributed by atoms with Gasteiger partial charge in [0.15, 0.2) is 8.46 Å². The minimum atomic E-state index is -0.0893. The SMILES string of the molecule is CCCCCCCCCCCC(CC(C)CC(C)(C)CC(C)(C)CC(C)(C)C)(CC(C)CC(C)(C)CC(C)(C)CC(C)(C)C)P=O. The van der Waals surface area contributed by atoms with Crippen LogP contribution in [0.25, 0.3) is 0 Å². The molecule has 2 heteroatoms. The van der Waals surface area contributed by atoms with Crippen LogP contribution in [0, 0.1) is 44.3 Å². The van der Waals surface area contributed by atoms with E-state index in [9.17, 15) is 4.57 Å². The van der Waals surface area contributed by atoms with Crippen LogP contribution < -0.4 is 0 Å². The van der Waals surface area contributed by atoms with Crippen molar-refractivity contribution in [3.05, 3.63) is 0 Å². The van der Waals surface area contributed by atoms with Crippen LogP contribution in [-0.2, 0) is 4.57 Å². The maximum absolute atomic E-state index is 13.4. The average molecular weight is 665 g/mol. The van der Waals surface area contributed by atoms with Crippen molar-refractivity contribution in [1.29, 1.82) is 0 Å². The van der Waals surface area contributed by atoms with E-state index in [2.05, 4.69) is 118 Å². The molecule has 0 saturated carbocycles. The van der Waals surface area contributed by atoms with Gasteiger partial charge < -0.3 is 0 Å². The zero-order chi connectivity index (χ0) is 36.1. The van der Waals surface area contributed by atoms with E-state index in [1.165, 1.54) is 96.3 Å². The first-order chi connectivity index (χ1) is 20.7. The third-order valence-electron chi connectivity index (χ3n) is 10.1. The first-order valence-corrected chi connectivity index (χ1v) is 20.8. The average Bonchev–Trinajstić information content (AvgIpc) is 2.76. The predicted octanol–water partition coefficient (Wildman–Crippen LogP) is 16.5. The molecule has 0 aromatic carbocycles. The first-order valence-electron chi connectivity index (χ1n) is 20.0. The molecule has 0 fully saturated rings. The molecule has 276 valence electrons. The van der Waals surface area contributed by atoms with Crippen molar-refractivity contribution in [2.24, 2.45) is 44.3 Å². The summed E-state index contributed by atoms with van der Waals surface area (Å²) in [5.41, 5.74) is 1.92. The Morgan fingerprint density at radius 2 is 0.761 bits per heavy atom. The second-order valence-corrected chi connectivity index (χ2v) is 23.5. The molecular weight excluding hydrogens is 575 g/mol. The van der Waals surface area contributed by atoms with Gasteiger partial charge in [0, 0.05) is 0 Å². The maximum atomic E-state index is 13.4. The fourth-order valence-corrected chi connectivity index (χ4v) is 12.3. The Balaban J connectivity index is 5.68. The lowest BCUT2D eigenvalue weighted by atomic mass is 9.65. The summed E-state index contributed by atoms with van der Waals surface area (Å²) in [4.78, 5) is 0. The monoisotopic (exact) mass is 665 g/mol. The third kappa shape index (κ3) is 23.5. The molecule has 0 amide bonds. The highest BCUT2D eigenvalue weighted by Gasteiger charge is 2.39. The van der Waals surface area contributed by atoms with Crippen molar-refractivity contribution in [1.82, 2.24) is 0 Å². The Morgan fingerprint density at radius 3 is 1.07 bits per heavy atom. The first kappa shape index (κ1) is 46.1. The quantitative estimate of drug-likeness (QED) is 0.0701. The van der Waals surface area contributed by atoms with Crippen LogP contribution in [0.2, 0.25) is 0 Å². The van der Waals surface area contributed by atoms with Gasteiger partial charge in [0.1, 0.15) is 0 Å². The minimum Gasteiger partial charge on any atom is -0.274 e. The molecule has 0 radical (unpaired) electrons. The third-order valence-corrected chi connectivity index (χ3v) is 11.1. The highest BCUT2D eigenvalue weighted by molar-refractivity contribution is 7.26. The van der Waals surface area contributed by atoms with E-state index in [1.807, 2.05) is 0 Å². The van der Waals surface area contributed by atoms with Gasteiger partial charge in [-0.05, 0) is 102 Å². The van der Waals surface area contributed by atoms with Gasteiger partial charge in [-0.25, -0.2) is 0 Å². The van der Waals surface area contributed by atoms with Crippen molar-refractivity contribution < 1.29 is 4.57 Å². The molecule has 0 N–H and O–H groups in total. The van der Waals surface area contributed by atoms with Crippen LogP contribution in [0.5, 0.6) is 0 Å². The summed E-state index contributed by atoms with van der Waals surface area (Å²) in [6.07, 6.45) is 22.9. The second kappa shape index (κ2) is 19.5. The van der Waals surface area contributed by atoms with Gasteiger partial charge in [-0.2, -0.15) is 0 Å². The summed E-state index contributed by atoms with van der Waals surface area (Å²) in [7, 11) is 0.400. The zero-order valence-corrected chi connectivity index (χ0v) is 36.1. The Labute approximate surface area is 295 Å². The van der Waals surface area contributed by atoms with Crippen LogP contribution >= 0.6 is 8.46 Å². The van der Waals surface area contributed by atoms with E-state index in [4.69, 9.17) is 0 Å². The predicted molar refractivity (Wildman–Crippen MR) is 211 cm³/mol. The van der Waals surface area contributed by atoms with Crippen molar-refractivity contribution in [2.75, 3.05) is 0 Å². The Hall–Kier alpha value is 0.100. The Bertz CT molecular complexity index is 766. The second-order valence-electron chi connectivity index (χ2n) is 22.4. The standard InChI is InChI=1S/C44H89OP/c1-18-19-20-21-22-23-24-25-26-27-44(46-45,30-36(2)28-40(10,11)34-42(14,15)32-38(4,5)6)31-37(3)29-41(12,13)35-43(16,17)33-39(7,8)9/h36-37H,18-35H2,1-17H3. The molecule has 0 bridgehead atoms. The molecule has 0 spiro atoms. The topological polar surface area (TPSA) is 17.1 Å². The normalized spacial score (nSPS) is 16.9. The van der Waals surface area contributed by atoms with Crippen molar-refractivity contribution in [3.63, 3.8) is 0 Å². The molecule has 0 aliphatic heterocycles. The lowest BCUT2D eigenvalue weighted by Gasteiger charge is -2.42.